The Labute approximate surface area is 157 Å². The van der Waals surface area contributed by atoms with E-state index in [0.29, 0.717) is 5.11 Å². The molecule has 0 saturated carbocycles. The van der Waals surface area contributed by atoms with E-state index < -0.39 is 0 Å². The zero-order chi connectivity index (χ0) is 18.1. The highest BCUT2D eigenvalue weighted by atomic mass is 32.1. The summed E-state index contributed by atoms with van der Waals surface area (Å²) in [6, 6.07) is 17.2. The lowest BCUT2D eigenvalue weighted by Gasteiger charge is -2.28. The Bertz CT molecular complexity index is 907. The fraction of sp³-hybridized carbons (Fsp3) is 0.200. The van der Waals surface area contributed by atoms with E-state index in [1.165, 1.54) is 5.69 Å². The molecule has 3 heterocycles. The van der Waals surface area contributed by atoms with Crippen LogP contribution in [0, 0.1) is 0 Å². The number of thiocarbonyl (C=S) groups is 1. The number of aromatic nitrogens is 2. The summed E-state index contributed by atoms with van der Waals surface area (Å²) in [5.74, 6) is 0.238. The smallest absolute Gasteiger partial charge is 0.174 e. The molecule has 4 rings (SSSR count). The van der Waals surface area contributed by atoms with Crippen molar-refractivity contribution >= 4 is 23.0 Å². The Morgan fingerprint density at radius 2 is 1.92 bits per heavy atom. The van der Waals surface area contributed by atoms with E-state index in [2.05, 4.69) is 45.0 Å². The van der Waals surface area contributed by atoms with Gasteiger partial charge in [0.2, 0.25) is 0 Å². The molecular formula is C20H20N4OS. The van der Waals surface area contributed by atoms with Gasteiger partial charge in [-0.05, 0) is 67.7 Å². The van der Waals surface area contributed by atoms with Crippen LogP contribution in [0.2, 0.25) is 0 Å². The van der Waals surface area contributed by atoms with Crippen LogP contribution in [-0.4, -0.2) is 19.8 Å². The van der Waals surface area contributed by atoms with E-state index in [1.807, 2.05) is 30.3 Å². The Hall–Kier alpha value is -2.86. The minimum Gasteiger partial charge on any atom is -0.508 e. The van der Waals surface area contributed by atoms with Crippen molar-refractivity contribution in [2.45, 2.75) is 25.6 Å². The van der Waals surface area contributed by atoms with Crippen molar-refractivity contribution in [2.75, 3.05) is 4.90 Å². The molecule has 0 bridgehead atoms. The number of aryl methyl sites for hydroxylation is 1. The molecule has 0 aliphatic carbocycles. The molecule has 26 heavy (non-hydrogen) atoms. The number of anilines is 1. The van der Waals surface area contributed by atoms with Crippen LogP contribution in [-0.2, 0) is 6.54 Å². The number of phenolic OH excluding ortho intramolecular Hbond substituents is 1. The number of phenols is 1. The molecule has 0 spiro atoms. The van der Waals surface area contributed by atoms with Crippen molar-refractivity contribution in [2.24, 2.45) is 0 Å². The summed E-state index contributed by atoms with van der Waals surface area (Å²) in [7, 11) is 0. The predicted molar refractivity (Wildman–Crippen MR) is 106 cm³/mol. The number of benzene rings is 1. The Kier molecular flexibility index (Phi) is 4.34. The van der Waals surface area contributed by atoms with Gasteiger partial charge in [-0.15, -0.1) is 0 Å². The van der Waals surface area contributed by atoms with E-state index >= 15 is 0 Å². The maximum atomic E-state index is 9.65. The Morgan fingerprint density at radius 1 is 1.12 bits per heavy atom. The highest BCUT2D eigenvalue weighted by molar-refractivity contribution is 7.80. The second-order valence-corrected chi connectivity index (χ2v) is 6.62. The lowest BCUT2D eigenvalue weighted by Crippen LogP contribution is -2.30. The predicted octanol–water partition coefficient (Wildman–Crippen LogP) is 3.79. The largest absolute Gasteiger partial charge is 0.508 e. The standard InChI is InChI=1S/C20H20N4OS/c1-2-23-13-5-7-17(23)19-18(16-6-3-4-12-21-16)22-20(26)24(19)14-8-10-15(25)11-9-14/h3-13,18-19,25H,2H2,1H3,(H,22,26)/t18-,19-/m0/s1. The number of nitrogens with one attached hydrogen (secondary N) is 1. The molecule has 6 heteroatoms. The van der Waals surface area contributed by atoms with Crippen LogP contribution in [0.25, 0.3) is 0 Å². The molecule has 0 amide bonds. The molecular weight excluding hydrogens is 344 g/mol. The first-order valence-electron chi connectivity index (χ1n) is 8.63. The second-order valence-electron chi connectivity index (χ2n) is 6.23. The number of rotatable bonds is 4. The number of hydrogen-bond acceptors (Lipinski definition) is 3. The minimum atomic E-state index is -0.0577. The molecule has 132 valence electrons. The van der Waals surface area contributed by atoms with Gasteiger partial charge in [0.25, 0.3) is 0 Å². The van der Waals surface area contributed by atoms with E-state index in [4.69, 9.17) is 12.2 Å². The molecule has 0 unspecified atom stereocenters. The van der Waals surface area contributed by atoms with Gasteiger partial charge in [-0.25, -0.2) is 0 Å². The van der Waals surface area contributed by atoms with Gasteiger partial charge in [0.05, 0.1) is 11.7 Å². The van der Waals surface area contributed by atoms with E-state index in [9.17, 15) is 5.11 Å². The molecule has 1 aromatic carbocycles. The van der Waals surface area contributed by atoms with Crippen molar-refractivity contribution < 1.29 is 5.11 Å². The molecule has 2 aromatic heterocycles. The van der Waals surface area contributed by atoms with Crippen LogP contribution in [0.3, 0.4) is 0 Å². The van der Waals surface area contributed by atoms with Crippen LogP contribution >= 0.6 is 12.2 Å². The highest BCUT2D eigenvalue weighted by Gasteiger charge is 2.41. The van der Waals surface area contributed by atoms with E-state index in [1.54, 1.807) is 18.3 Å². The zero-order valence-electron chi connectivity index (χ0n) is 14.4. The molecule has 2 atom stereocenters. The third-order valence-corrected chi connectivity index (χ3v) is 5.05. The summed E-state index contributed by atoms with van der Waals surface area (Å²) >= 11 is 5.68. The average molecular weight is 364 g/mol. The van der Waals surface area contributed by atoms with Gasteiger partial charge < -0.3 is 19.9 Å². The molecule has 3 aromatic rings. The lowest BCUT2D eigenvalue weighted by atomic mass is 10.0. The zero-order valence-corrected chi connectivity index (χ0v) is 15.2. The summed E-state index contributed by atoms with van der Waals surface area (Å²) in [6.07, 6.45) is 3.89. The van der Waals surface area contributed by atoms with Crippen LogP contribution in [0.1, 0.15) is 30.4 Å². The summed E-state index contributed by atoms with van der Waals surface area (Å²) in [5.41, 5.74) is 3.06. The number of pyridine rings is 1. The first-order valence-corrected chi connectivity index (χ1v) is 9.04. The maximum absolute atomic E-state index is 9.65. The van der Waals surface area contributed by atoms with Crippen molar-refractivity contribution in [3.63, 3.8) is 0 Å². The van der Waals surface area contributed by atoms with Crippen molar-refractivity contribution in [1.82, 2.24) is 14.9 Å². The quantitative estimate of drug-likeness (QED) is 0.690. The summed E-state index contributed by atoms with van der Waals surface area (Å²) in [5, 5.41) is 13.7. The lowest BCUT2D eigenvalue weighted by molar-refractivity contribution is 0.475. The topological polar surface area (TPSA) is 53.3 Å². The van der Waals surface area contributed by atoms with Gasteiger partial charge in [-0.2, -0.15) is 0 Å². The van der Waals surface area contributed by atoms with Crippen molar-refractivity contribution in [1.29, 1.82) is 0 Å². The van der Waals surface area contributed by atoms with Gasteiger partial charge >= 0.3 is 0 Å². The molecule has 0 radical (unpaired) electrons. The van der Waals surface area contributed by atoms with Crippen LogP contribution in [0.4, 0.5) is 5.69 Å². The summed E-state index contributed by atoms with van der Waals surface area (Å²) in [4.78, 5) is 6.66. The number of hydrogen-bond donors (Lipinski definition) is 2. The van der Waals surface area contributed by atoms with E-state index in [-0.39, 0.29) is 17.8 Å². The molecule has 1 aliphatic rings. The van der Waals surface area contributed by atoms with Crippen LogP contribution < -0.4 is 10.2 Å². The monoisotopic (exact) mass is 364 g/mol. The number of aromatic hydroxyl groups is 1. The molecule has 1 fully saturated rings. The van der Waals surface area contributed by atoms with Crippen molar-refractivity contribution in [3.8, 4) is 5.75 Å². The number of nitrogens with zero attached hydrogens (tertiary/aromatic N) is 3. The highest BCUT2D eigenvalue weighted by Crippen LogP contribution is 2.41. The normalized spacial score (nSPS) is 19.6. The van der Waals surface area contributed by atoms with Gasteiger partial charge in [0.15, 0.2) is 5.11 Å². The SMILES string of the molecule is CCn1cccc1[C@H]1[C@H](c2ccccn2)NC(=S)N1c1ccc(O)cc1. The van der Waals surface area contributed by atoms with Gasteiger partial charge in [-0.3, -0.25) is 4.98 Å². The van der Waals surface area contributed by atoms with Gasteiger partial charge in [-0.1, -0.05) is 6.07 Å². The fourth-order valence-electron chi connectivity index (χ4n) is 3.53. The average Bonchev–Trinajstić information content (AvgIpc) is 3.27. The Balaban J connectivity index is 1.84. The molecule has 1 saturated heterocycles. The van der Waals surface area contributed by atoms with Gasteiger partial charge in [0.1, 0.15) is 11.8 Å². The Morgan fingerprint density at radius 3 is 2.62 bits per heavy atom. The van der Waals surface area contributed by atoms with E-state index in [0.717, 1.165) is 17.9 Å². The third-order valence-electron chi connectivity index (χ3n) is 4.73. The third kappa shape index (κ3) is 2.82. The van der Waals surface area contributed by atoms with Gasteiger partial charge in [0, 0.05) is 30.3 Å². The maximum Gasteiger partial charge on any atom is 0.174 e. The molecule has 5 nitrogen and oxygen atoms in total. The first kappa shape index (κ1) is 16.6. The minimum absolute atomic E-state index is 0.0307. The van der Waals surface area contributed by atoms with Crippen LogP contribution in [0.15, 0.2) is 67.0 Å². The summed E-state index contributed by atoms with van der Waals surface area (Å²) in [6.45, 7) is 3.01. The summed E-state index contributed by atoms with van der Waals surface area (Å²) < 4.78 is 2.23. The van der Waals surface area contributed by atoms with Crippen molar-refractivity contribution in [3.05, 3.63) is 78.4 Å². The van der Waals surface area contributed by atoms with Crippen LogP contribution in [0.5, 0.6) is 5.75 Å². The fourth-order valence-corrected chi connectivity index (χ4v) is 3.88. The molecule has 2 N–H and O–H groups in total. The second kappa shape index (κ2) is 6.80. The molecule has 1 aliphatic heterocycles. The first-order chi connectivity index (χ1) is 12.7.